The second-order valence-electron chi connectivity index (χ2n) is 6.29. The van der Waals surface area contributed by atoms with E-state index < -0.39 is 6.67 Å². The van der Waals surface area contributed by atoms with Crippen molar-refractivity contribution in [3.05, 3.63) is 69.4 Å². The van der Waals surface area contributed by atoms with Crippen molar-refractivity contribution in [3.8, 4) is 16.9 Å². The van der Waals surface area contributed by atoms with Crippen LogP contribution in [-0.4, -0.2) is 6.54 Å². The van der Waals surface area contributed by atoms with E-state index in [-0.39, 0.29) is 0 Å². The lowest BCUT2D eigenvalue weighted by Gasteiger charge is -2.10. The van der Waals surface area contributed by atoms with E-state index >= 15 is 0 Å². The zero-order valence-electron chi connectivity index (χ0n) is 14.1. The number of nitrogens with one attached hydrogen (secondary N) is 1. The zero-order chi connectivity index (χ0) is 17.2. The summed E-state index contributed by atoms with van der Waals surface area (Å²) in [4.78, 5) is 1.81. The van der Waals surface area contributed by atoms with Crippen molar-refractivity contribution in [2.45, 2.75) is 26.6 Å². The van der Waals surface area contributed by atoms with Crippen molar-refractivity contribution in [1.82, 2.24) is 0 Å². The number of thiophene rings is 1. The topological polar surface area (TPSA) is 21.3 Å². The molecule has 0 atom stereocenters. The molecule has 2 nitrogen and oxygen atoms in total. The van der Waals surface area contributed by atoms with E-state index in [2.05, 4.69) is 30.4 Å². The maximum absolute atomic E-state index is 13.4. The predicted octanol–water partition coefficient (Wildman–Crippen LogP) is 5.74. The summed E-state index contributed by atoms with van der Waals surface area (Å²) in [6.07, 6.45) is 1.04. The summed E-state index contributed by atoms with van der Waals surface area (Å²) in [5.74, 6) is 0.886. The minimum atomic E-state index is -0.446. The van der Waals surface area contributed by atoms with Gasteiger partial charge < -0.3 is 10.1 Å². The molecule has 4 rings (SSSR count). The molecule has 0 saturated heterocycles. The van der Waals surface area contributed by atoms with Crippen LogP contribution >= 0.6 is 11.3 Å². The van der Waals surface area contributed by atoms with E-state index in [0.717, 1.165) is 39.6 Å². The van der Waals surface area contributed by atoms with Crippen molar-refractivity contribution < 1.29 is 9.13 Å². The van der Waals surface area contributed by atoms with Gasteiger partial charge in [0.1, 0.15) is 19.0 Å². The number of hydrogen-bond donors (Lipinski definition) is 1. The summed E-state index contributed by atoms with van der Waals surface area (Å²) >= 11 is 1.49. The Labute approximate surface area is 151 Å². The predicted molar refractivity (Wildman–Crippen MR) is 102 cm³/mol. The number of rotatable bonds is 5. The van der Waals surface area contributed by atoms with Gasteiger partial charge in [0.15, 0.2) is 0 Å². The Morgan fingerprint density at radius 3 is 2.80 bits per heavy atom. The fraction of sp³-hybridized carbons (Fsp3) is 0.238. The first-order chi connectivity index (χ1) is 12.2. The Morgan fingerprint density at radius 2 is 2.00 bits per heavy atom. The van der Waals surface area contributed by atoms with E-state index in [0.29, 0.717) is 6.61 Å². The minimum Gasteiger partial charge on any atom is -0.488 e. The fourth-order valence-corrected chi connectivity index (χ4v) is 4.30. The number of benzene rings is 2. The Kier molecular flexibility index (Phi) is 4.45. The smallest absolute Gasteiger partial charge is 0.124 e. The zero-order valence-corrected chi connectivity index (χ0v) is 15.0. The molecular weight excluding hydrogens is 333 g/mol. The summed E-state index contributed by atoms with van der Waals surface area (Å²) in [6, 6.07) is 16.2. The van der Waals surface area contributed by atoms with Crippen LogP contribution in [0.15, 0.2) is 48.5 Å². The molecule has 25 heavy (non-hydrogen) atoms. The van der Waals surface area contributed by atoms with Crippen LogP contribution in [0, 0.1) is 6.92 Å². The summed E-state index contributed by atoms with van der Waals surface area (Å²) in [5, 5.41) is 3.41. The highest BCUT2D eigenvalue weighted by molar-refractivity contribution is 7.12. The largest absolute Gasteiger partial charge is 0.488 e. The number of halogens is 1. The van der Waals surface area contributed by atoms with Crippen LogP contribution < -0.4 is 10.1 Å². The molecule has 0 saturated carbocycles. The van der Waals surface area contributed by atoms with E-state index in [1.165, 1.54) is 28.2 Å². The SMILES string of the molecule is Cc1cc(OCc2cc(-c3ccccc3)c(CF)s2)cc2c1NCC2. The first-order valence-electron chi connectivity index (χ1n) is 8.48. The van der Waals surface area contributed by atoms with Crippen LogP contribution in [0.4, 0.5) is 10.1 Å². The Morgan fingerprint density at radius 1 is 1.16 bits per heavy atom. The third kappa shape index (κ3) is 3.27. The molecule has 3 aromatic rings. The molecule has 1 aliphatic rings. The molecule has 1 aromatic heterocycles. The highest BCUT2D eigenvalue weighted by Gasteiger charge is 2.15. The number of ether oxygens (including phenoxy) is 1. The minimum absolute atomic E-state index is 0.446. The molecule has 0 fully saturated rings. The molecule has 2 heterocycles. The van der Waals surface area contributed by atoms with E-state index in [1.54, 1.807) is 0 Å². The van der Waals surface area contributed by atoms with Crippen LogP contribution in [0.1, 0.15) is 20.9 Å². The molecule has 128 valence electrons. The van der Waals surface area contributed by atoms with Crippen molar-refractivity contribution >= 4 is 17.0 Å². The van der Waals surface area contributed by atoms with Crippen molar-refractivity contribution in [3.63, 3.8) is 0 Å². The molecule has 4 heteroatoms. The molecular formula is C21H20FNOS. The average molecular weight is 353 g/mol. The lowest BCUT2D eigenvalue weighted by Crippen LogP contribution is -1.95. The van der Waals surface area contributed by atoms with Gasteiger partial charge in [-0.2, -0.15) is 0 Å². The summed E-state index contributed by atoms with van der Waals surface area (Å²) in [7, 11) is 0. The van der Waals surface area contributed by atoms with Crippen molar-refractivity contribution in [1.29, 1.82) is 0 Å². The standard InChI is InChI=1S/C21H20FNOS/c1-14-9-17(10-16-7-8-23-21(14)16)24-13-18-11-19(20(12-22)25-18)15-5-3-2-4-6-15/h2-6,9-11,23H,7-8,12-13H2,1H3. The number of aryl methyl sites for hydroxylation is 1. The highest BCUT2D eigenvalue weighted by atomic mass is 32.1. The summed E-state index contributed by atoms with van der Waals surface area (Å²) in [6.45, 7) is 3.11. The maximum atomic E-state index is 13.4. The van der Waals surface area contributed by atoms with E-state index in [9.17, 15) is 4.39 Å². The summed E-state index contributed by atoms with van der Waals surface area (Å²) < 4.78 is 19.4. The van der Waals surface area contributed by atoms with Gasteiger partial charge in [0.25, 0.3) is 0 Å². The van der Waals surface area contributed by atoms with Crippen LogP contribution in [0.5, 0.6) is 5.75 Å². The molecule has 0 unspecified atom stereocenters. The van der Waals surface area contributed by atoms with Crippen LogP contribution in [0.2, 0.25) is 0 Å². The van der Waals surface area contributed by atoms with Crippen LogP contribution in [-0.2, 0) is 19.7 Å². The monoisotopic (exact) mass is 353 g/mol. The number of fused-ring (bicyclic) bond motifs is 1. The van der Waals surface area contributed by atoms with Gasteiger partial charge in [-0.1, -0.05) is 30.3 Å². The van der Waals surface area contributed by atoms with Gasteiger partial charge in [-0.05, 0) is 53.8 Å². The number of anilines is 1. The van der Waals surface area contributed by atoms with Crippen molar-refractivity contribution in [2.75, 3.05) is 11.9 Å². The average Bonchev–Trinajstić information content (AvgIpc) is 3.27. The molecule has 1 aliphatic heterocycles. The quantitative estimate of drug-likeness (QED) is 0.631. The van der Waals surface area contributed by atoms with Gasteiger partial charge in [0.2, 0.25) is 0 Å². The maximum Gasteiger partial charge on any atom is 0.124 e. The number of alkyl halides is 1. The molecule has 0 bridgehead atoms. The van der Waals surface area contributed by atoms with Crippen molar-refractivity contribution in [2.24, 2.45) is 0 Å². The Bertz CT molecular complexity index is 888. The fourth-order valence-electron chi connectivity index (χ4n) is 3.35. The van der Waals surface area contributed by atoms with Gasteiger partial charge in [-0.15, -0.1) is 11.3 Å². The normalized spacial score (nSPS) is 12.7. The highest BCUT2D eigenvalue weighted by Crippen LogP contribution is 2.34. The van der Waals surface area contributed by atoms with Gasteiger partial charge in [0, 0.05) is 22.0 Å². The molecule has 0 spiro atoms. The second-order valence-corrected chi connectivity index (χ2v) is 7.51. The van der Waals surface area contributed by atoms with Gasteiger partial charge in [0.05, 0.1) is 0 Å². The Hall–Kier alpha value is -2.33. The molecule has 2 aromatic carbocycles. The van der Waals surface area contributed by atoms with E-state index in [1.807, 2.05) is 30.3 Å². The van der Waals surface area contributed by atoms with Crippen LogP contribution in [0.25, 0.3) is 11.1 Å². The van der Waals surface area contributed by atoms with Gasteiger partial charge in [-0.3, -0.25) is 0 Å². The third-order valence-electron chi connectivity index (χ3n) is 4.53. The second kappa shape index (κ2) is 6.89. The summed E-state index contributed by atoms with van der Waals surface area (Å²) in [5.41, 5.74) is 5.80. The lowest BCUT2D eigenvalue weighted by molar-refractivity contribution is 0.309. The number of hydrogen-bond acceptors (Lipinski definition) is 3. The van der Waals surface area contributed by atoms with E-state index in [4.69, 9.17) is 4.74 Å². The van der Waals surface area contributed by atoms with Gasteiger partial charge >= 0.3 is 0 Å². The third-order valence-corrected chi connectivity index (χ3v) is 5.61. The lowest BCUT2D eigenvalue weighted by atomic mass is 10.1. The molecule has 0 amide bonds. The molecule has 0 aliphatic carbocycles. The molecule has 0 radical (unpaired) electrons. The molecule has 1 N–H and O–H groups in total. The first kappa shape index (κ1) is 16.2. The van der Waals surface area contributed by atoms with Gasteiger partial charge in [-0.25, -0.2) is 4.39 Å². The first-order valence-corrected chi connectivity index (χ1v) is 9.29. The van der Waals surface area contributed by atoms with Crippen LogP contribution in [0.3, 0.4) is 0 Å². The Balaban J connectivity index is 1.54.